The standard InChI is InChI=1S/C11H15N5O3S/c1-7(2)12-8(17)6-14(3)9-10(16(18)19)15-4-5-20-11(15)13-9/h4-5,7H,6H2,1-3H3,(H,12,17). The van der Waals surface area contributed by atoms with E-state index in [-0.39, 0.29) is 30.1 Å². The average Bonchev–Trinajstić information content (AvgIpc) is 2.84. The number of amides is 1. The third-order valence-electron chi connectivity index (χ3n) is 2.58. The molecule has 0 aromatic carbocycles. The van der Waals surface area contributed by atoms with Crippen molar-refractivity contribution in [3.63, 3.8) is 0 Å². The molecular formula is C11H15N5O3S. The number of anilines is 1. The lowest BCUT2D eigenvalue weighted by atomic mass is 10.4. The minimum absolute atomic E-state index is 0.0177. The summed E-state index contributed by atoms with van der Waals surface area (Å²) in [6, 6.07) is 0.0244. The van der Waals surface area contributed by atoms with E-state index in [9.17, 15) is 14.9 Å². The molecule has 0 unspecified atom stereocenters. The molecule has 8 nitrogen and oxygen atoms in total. The Hall–Kier alpha value is -2.16. The van der Waals surface area contributed by atoms with Gasteiger partial charge in [-0.25, -0.2) is 0 Å². The topological polar surface area (TPSA) is 92.8 Å². The Labute approximate surface area is 119 Å². The van der Waals surface area contributed by atoms with E-state index in [1.807, 2.05) is 13.8 Å². The van der Waals surface area contributed by atoms with Gasteiger partial charge in [0.2, 0.25) is 11.7 Å². The number of carbonyl (C=O) groups is 1. The van der Waals surface area contributed by atoms with Crippen LogP contribution >= 0.6 is 11.3 Å². The first kappa shape index (κ1) is 14.3. The molecule has 0 spiro atoms. The van der Waals surface area contributed by atoms with Crippen LogP contribution in [0.1, 0.15) is 13.8 Å². The van der Waals surface area contributed by atoms with Crippen LogP contribution in [0.15, 0.2) is 11.6 Å². The number of likely N-dealkylation sites (N-methyl/N-ethyl adjacent to an activating group) is 1. The Morgan fingerprint density at radius 3 is 2.95 bits per heavy atom. The molecule has 0 fully saturated rings. The van der Waals surface area contributed by atoms with Gasteiger partial charge >= 0.3 is 5.82 Å². The van der Waals surface area contributed by atoms with Crippen molar-refractivity contribution in [1.82, 2.24) is 14.7 Å². The number of hydrogen-bond acceptors (Lipinski definition) is 6. The number of imidazole rings is 1. The predicted octanol–water partition coefficient (Wildman–Crippen LogP) is 1.26. The molecule has 20 heavy (non-hydrogen) atoms. The summed E-state index contributed by atoms with van der Waals surface area (Å²) in [5, 5.41) is 15.6. The fourth-order valence-corrected chi connectivity index (χ4v) is 2.55. The SMILES string of the molecule is CC(C)NC(=O)CN(C)c1nc2sccn2c1[N+](=O)[O-]. The summed E-state index contributed by atoms with van der Waals surface area (Å²) in [6.45, 7) is 3.73. The summed E-state index contributed by atoms with van der Waals surface area (Å²) >= 11 is 1.31. The van der Waals surface area contributed by atoms with Crippen LogP contribution in [0.3, 0.4) is 0 Å². The van der Waals surface area contributed by atoms with Crippen LogP contribution < -0.4 is 10.2 Å². The van der Waals surface area contributed by atoms with Gasteiger partial charge in [0, 0.05) is 18.5 Å². The molecule has 0 radical (unpaired) electrons. The van der Waals surface area contributed by atoms with Gasteiger partial charge in [-0.1, -0.05) is 11.3 Å². The Kier molecular flexibility index (Phi) is 3.89. The molecule has 0 saturated carbocycles. The number of aromatic nitrogens is 2. The quantitative estimate of drug-likeness (QED) is 0.662. The van der Waals surface area contributed by atoms with Crippen molar-refractivity contribution in [2.75, 3.05) is 18.5 Å². The number of rotatable bonds is 5. The van der Waals surface area contributed by atoms with Crippen LogP contribution in [-0.4, -0.2) is 39.8 Å². The molecule has 0 atom stereocenters. The van der Waals surface area contributed by atoms with Crippen LogP contribution in [0.25, 0.3) is 4.96 Å². The minimum atomic E-state index is -0.487. The molecule has 2 aromatic rings. The first-order chi connectivity index (χ1) is 9.40. The molecule has 2 aromatic heterocycles. The largest absolute Gasteiger partial charge is 0.373 e. The summed E-state index contributed by atoms with van der Waals surface area (Å²) < 4.78 is 1.41. The van der Waals surface area contributed by atoms with E-state index < -0.39 is 4.92 Å². The lowest BCUT2D eigenvalue weighted by molar-refractivity contribution is -0.389. The summed E-state index contributed by atoms with van der Waals surface area (Å²) in [4.78, 5) is 28.6. The van der Waals surface area contributed by atoms with Crippen LogP contribution in [-0.2, 0) is 4.79 Å². The van der Waals surface area contributed by atoms with Crippen LogP contribution in [0.4, 0.5) is 11.6 Å². The molecule has 2 heterocycles. The van der Waals surface area contributed by atoms with Gasteiger partial charge in [-0.3, -0.25) is 4.79 Å². The first-order valence-electron chi connectivity index (χ1n) is 6.00. The zero-order valence-electron chi connectivity index (χ0n) is 11.4. The molecule has 1 amide bonds. The summed E-state index contributed by atoms with van der Waals surface area (Å²) in [5.74, 6) is -0.130. The van der Waals surface area contributed by atoms with E-state index in [2.05, 4.69) is 10.3 Å². The monoisotopic (exact) mass is 297 g/mol. The second kappa shape index (κ2) is 5.45. The molecule has 108 valence electrons. The lowest BCUT2D eigenvalue weighted by Crippen LogP contribution is -2.38. The summed E-state index contributed by atoms with van der Waals surface area (Å²) in [7, 11) is 1.61. The lowest BCUT2D eigenvalue weighted by Gasteiger charge is -2.16. The maximum absolute atomic E-state index is 11.7. The molecule has 9 heteroatoms. The molecule has 1 N–H and O–H groups in total. The zero-order chi connectivity index (χ0) is 14.9. The minimum Gasteiger partial charge on any atom is -0.358 e. The first-order valence-corrected chi connectivity index (χ1v) is 6.88. The van der Waals surface area contributed by atoms with E-state index >= 15 is 0 Å². The van der Waals surface area contributed by atoms with E-state index in [0.29, 0.717) is 4.96 Å². The number of hydrogen-bond donors (Lipinski definition) is 1. The highest BCUT2D eigenvalue weighted by Crippen LogP contribution is 2.30. The average molecular weight is 297 g/mol. The van der Waals surface area contributed by atoms with Gasteiger partial charge in [-0.05, 0) is 18.8 Å². The second-order valence-electron chi connectivity index (χ2n) is 4.65. The number of nitro groups is 1. The maximum Gasteiger partial charge on any atom is 0.373 e. The normalized spacial score (nSPS) is 11.0. The highest BCUT2D eigenvalue weighted by molar-refractivity contribution is 7.15. The molecule has 2 rings (SSSR count). The van der Waals surface area contributed by atoms with Gasteiger partial charge in [0.15, 0.2) is 0 Å². The molecule has 0 bridgehead atoms. The zero-order valence-corrected chi connectivity index (χ0v) is 12.2. The Bertz CT molecular complexity index is 648. The predicted molar refractivity (Wildman–Crippen MR) is 76.3 cm³/mol. The second-order valence-corrected chi connectivity index (χ2v) is 5.52. The van der Waals surface area contributed by atoms with Gasteiger partial charge in [-0.2, -0.15) is 9.38 Å². The van der Waals surface area contributed by atoms with Crippen molar-refractivity contribution in [1.29, 1.82) is 0 Å². The highest BCUT2D eigenvalue weighted by Gasteiger charge is 2.27. The fourth-order valence-electron chi connectivity index (χ4n) is 1.85. The third kappa shape index (κ3) is 2.72. The molecule has 0 saturated heterocycles. The number of fused-ring (bicyclic) bond motifs is 1. The van der Waals surface area contributed by atoms with Crippen molar-refractivity contribution in [3.8, 4) is 0 Å². The van der Waals surface area contributed by atoms with Gasteiger partial charge in [0.05, 0.1) is 6.54 Å². The van der Waals surface area contributed by atoms with Gasteiger partial charge in [0.1, 0.15) is 6.20 Å². The Balaban J connectivity index is 2.27. The van der Waals surface area contributed by atoms with E-state index in [0.717, 1.165) is 0 Å². The van der Waals surface area contributed by atoms with Crippen molar-refractivity contribution in [2.24, 2.45) is 0 Å². The van der Waals surface area contributed by atoms with Gasteiger partial charge in [0.25, 0.3) is 4.96 Å². The number of nitrogens with one attached hydrogen (secondary N) is 1. The number of thiazole rings is 1. The maximum atomic E-state index is 11.7. The van der Waals surface area contributed by atoms with Crippen molar-refractivity contribution in [2.45, 2.75) is 19.9 Å². The van der Waals surface area contributed by atoms with Crippen LogP contribution in [0, 0.1) is 10.1 Å². The highest BCUT2D eigenvalue weighted by atomic mass is 32.1. The number of nitrogens with zero attached hydrogens (tertiary/aromatic N) is 4. The van der Waals surface area contributed by atoms with Gasteiger partial charge < -0.3 is 20.3 Å². The van der Waals surface area contributed by atoms with Crippen molar-refractivity contribution >= 4 is 33.8 Å². The van der Waals surface area contributed by atoms with Crippen molar-refractivity contribution in [3.05, 3.63) is 21.7 Å². The summed E-state index contributed by atoms with van der Waals surface area (Å²) in [6.07, 6.45) is 1.59. The van der Waals surface area contributed by atoms with Crippen LogP contribution in [0.2, 0.25) is 0 Å². The molecule has 0 aliphatic heterocycles. The summed E-state index contributed by atoms with van der Waals surface area (Å²) in [5.41, 5.74) is 0. The molecule has 0 aliphatic rings. The van der Waals surface area contributed by atoms with E-state index in [1.54, 1.807) is 18.6 Å². The molecular weight excluding hydrogens is 282 g/mol. The fraction of sp³-hybridized carbons (Fsp3) is 0.455. The molecule has 0 aliphatic carbocycles. The van der Waals surface area contributed by atoms with Crippen molar-refractivity contribution < 1.29 is 9.72 Å². The Morgan fingerprint density at radius 1 is 1.65 bits per heavy atom. The number of carbonyl (C=O) groups excluding carboxylic acids is 1. The third-order valence-corrected chi connectivity index (χ3v) is 3.34. The van der Waals surface area contributed by atoms with E-state index in [4.69, 9.17) is 0 Å². The Morgan fingerprint density at radius 2 is 2.35 bits per heavy atom. The van der Waals surface area contributed by atoms with Gasteiger partial charge in [-0.15, -0.1) is 0 Å². The van der Waals surface area contributed by atoms with Crippen LogP contribution in [0.5, 0.6) is 0 Å². The van der Waals surface area contributed by atoms with E-state index in [1.165, 1.54) is 20.6 Å². The smallest absolute Gasteiger partial charge is 0.358 e.